The SMILES string of the molecule is CCCCCCCCON=Cc1c2c(O)c3c(O)c(C)c4c(c3c1O)C(=O)[C@@](C)(OC=C[C@H](OC)[C@H](C)[C@H](OC(C)=O)[C@H](C)[C@H](O)[C@H](C)[C@H](O)[C@H](C)C=CC=C(C)C(=O)N2)O4. The third-order valence-corrected chi connectivity index (χ3v) is 11.9. The minimum atomic E-state index is -2.06. The summed E-state index contributed by atoms with van der Waals surface area (Å²) in [6, 6.07) is 0. The van der Waals surface area contributed by atoms with Gasteiger partial charge in [-0.15, -0.1) is 0 Å². The van der Waals surface area contributed by atoms with Gasteiger partial charge in [-0.3, -0.25) is 14.4 Å². The van der Waals surface area contributed by atoms with Crippen LogP contribution < -0.4 is 10.1 Å². The highest BCUT2D eigenvalue weighted by Crippen LogP contribution is 2.55. The van der Waals surface area contributed by atoms with Gasteiger partial charge in [-0.05, 0) is 32.8 Å². The summed E-state index contributed by atoms with van der Waals surface area (Å²) in [6.07, 6.45) is 10.7. The Balaban J connectivity index is 1.90. The average Bonchev–Trinajstić information content (AvgIpc) is 3.49. The van der Waals surface area contributed by atoms with E-state index in [1.54, 1.807) is 39.8 Å². The van der Waals surface area contributed by atoms with Crippen LogP contribution in [-0.2, 0) is 28.6 Å². The van der Waals surface area contributed by atoms with Crippen molar-refractivity contribution in [2.45, 2.75) is 131 Å². The number of nitrogens with zero attached hydrogens (tertiary/aromatic N) is 1. The number of methoxy groups -OCH3 is 1. The quantitative estimate of drug-likeness (QED) is 0.0323. The Hall–Kier alpha value is -5.12. The number of esters is 1. The number of phenolic OH excluding ortho intramolecular Hbond substituents is 3. The van der Waals surface area contributed by atoms with Crippen LogP contribution in [0.2, 0.25) is 0 Å². The Morgan fingerprint density at radius 3 is 2.25 bits per heavy atom. The summed E-state index contributed by atoms with van der Waals surface area (Å²) in [5, 5.41) is 64.3. The number of nitrogens with one attached hydrogen (secondary N) is 1. The number of Topliss-reactive ketones (excluding diaryl/α,β-unsaturated/α-hetero) is 1. The van der Waals surface area contributed by atoms with E-state index in [0.29, 0.717) is 0 Å². The number of anilines is 1. The smallest absolute Gasteiger partial charge is 0.312 e. The van der Waals surface area contributed by atoms with E-state index in [1.165, 1.54) is 53.2 Å². The molecule has 3 aliphatic rings. The van der Waals surface area contributed by atoms with Gasteiger partial charge in [0.1, 0.15) is 30.0 Å². The third kappa shape index (κ3) is 10.7. The van der Waals surface area contributed by atoms with Crippen molar-refractivity contribution in [3.8, 4) is 23.0 Å². The van der Waals surface area contributed by atoms with Crippen molar-refractivity contribution < 1.29 is 63.7 Å². The maximum atomic E-state index is 14.4. The molecule has 0 fully saturated rings. The molecule has 0 saturated heterocycles. The first-order valence-corrected chi connectivity index (χ1v) is 21.1. The number of phenols is 3. The molecule has 0 aromatic heterocycles. The van der Waals surface area contributed by atoms with Gasteiger partial charge in [-0.25, -0.2) is 0 Å². The number of ether oxygens (including phenoxy) is 4. The molecule has 1 amide bonds. The highest BCUT2D eigenvalue weighted by molar-refractivity contribution is 6.23. The zero-order valence-corrected chi connectivity index (χ0v) is 37.0. The number of hydrogen-bond acceptors (Lipinski definition) is 14. The van der Waals surface area contributed by atoms with E-state index in [1.807, 2.05) is 0 Å². The molecule has 5 bridgehead atoms. The molecule has 15 nitrogen and oxygen atoms in total. The molecule has 2 aromatic rings. The fraction of sp³-hybridized carbons (Fsp3) is 0.565. The molecular formula is C46H64N2O13. The predicted molar refractivity (Wildman–Crippen MR) is 231 cm³/mol. The number of oxime groups is 1. The maximum Gasteiger partial charge on any atom is 0.312 e. The standard InChI is InChI=1S/C46H64N2O13/c1-11-12-13-14-15-16-21-59-47-23-31-36-41(54)34-33(40(31)53)35-43(29(7)39(34)52)61-46(9,44(35)55)58-22-20-32(57-10)26(4)42(60-30(8)49)28(6)38(51)27(5)37(50)24(2)18-17-19-25(3)45(56)48-36/h17-20,22-24,26-28,32,37-38,42,50-54H,11-16,21H2,1-10H3,(H,48,56)/t24-,26+,27-,28-,32+,37-,38-,42+,46+/m1/s1. The number of unbranched alkanes of at least 4 members (excludes halogenated alkanes) is 5. The highest BCUT2D eigenvalue weighted by atomic mass is 16.7. The molecule has 0 unspecified atom stereocenters. The van der Waals surface area contributed by atoms with Crippen LogP contribution in [0.25, 0.3) is 10.8 Å². The molecule has 0 spiro atoms. The monoisotopic (exact) mass is 852 g/mol. The molecule has 15 heteroatoms. The number of allylic oxidation sites excluding steroid dienone is 2. The first-order chi connectivity index (χ1) is 28.8. The lowest BCUT2D eigenvalue weighted by molar-refractivity contribution is -0.160. The Kier molecular flexibility index (Phi) is 16.8. The third-order valence-electron chi connectivity index (χ3n) is 11.9. The number of aliphatic hydroxyl groups is 2. The summed E-state index contributed by atoms with van der Waals surface area (Å²) in [5.74, 6) is -8.55. The number of benzene rings is 2. The Morgan fingerprint density at radius 1 is 0.918 bits per heavy atom. The van der Waals surface area contributed by atoms with Crippen molar-refractivity contribution in [1.29, 1.82) is 0 Å². The number of amides is 1. The Labute approximate surface area is 358 Å². The number of hydrogen-bond donors (Lipinski definition) is 6. The summed E-state index contributed by atoms with van der Waals surface area (Å²) in [4.78, 5) is 45.9. The number of fused-ring (bicyclic) bond motifs is 14. The van der Waals surface area contributed by atoms with Crippen LogP contribution in [0.4, 0.5) is 5.69 Å². The molecular weight excluding hydrogens is 789 g/mol. The summed E-state index contributed by atoms with van der Waals surface area (Å²) in [7, 11) is 1.43. The molecule has 2 aromatic carbocycles. The molecule has 336 valence electrons. The van der Waals surface area contributed by atoms with E-state index in [-0.39, 0.29) is 51.1 Å². The van der Waals surface area contributed by atoms with Crippen LogP contribution in [0.3, 0.4) is 0 Å². The Bertz CT molecular complexity index is 2040. The average molecular weight is 853 g/mol. The van der Waals surface area contributed by atoms with E-state index in [4.69, 9.17) is 23.8 Å². The molecule has 0 aliphatic carbocycles. The minimum absolute atomic E-state index is 0.0419. The second-order valence-electron chi connectivity index (χ2n) is 16.5. The van der Waals surface area contributed by atoms with Crippen LogP contribution in [0, 0.1) is 30.6 Å². The molecule has 3 heterocycles. The molecule has 0 saturated carbocycles. The van der Waals surface area contributed by atoms with E-state index in [9.17, 15) is 39.9 Å². The van der Waals surface area contributed by atoms with Crippen molar-refractivity contribution in [2.24, 2.45) is 28.8 Å². The van der Waals surface area contributed by atoms with Gasteiger partial charge >= 0.3 is 11.8 Å². The van der Waals surface area contributed by atoms with E-state index < -0.39 is 88.8 Å². The van der Waals surface area contributed by atoms with Crippen molar-refractivity contribution in [2.75, 3.05) is 19.0 Å². The van der Waals surface area contributed by atoms with Crippen LogP contribution in [-0.4, -0.2) is 93.3 Å². The topological polar surface area (TPSA) is 223 Å². The van der Waals surface area contributed by atoms with Gasteiger partial charge in [-0.1, -0.05) is 83.7 Å². The van der Waals surface area contributed by atoms with E-state index >= 15 is 0 Å². The van der Waals surface area contributed by atoms with Crippen molar-refractivity contribution in [1.82, 2.24) is 0 Å². The number of aliphatic hydroxyl groups excluding tert-OH is 2. The summed E-state index contributed by atoms with van der Waals surface area (Å²) < 4.78 is 23.6. The van der Waals surface area contributed by atoms with Crippen LogP contribution in [0.15, 0.2) is 41.3 Å². The van der Waals surface area contributed by atoms with Gasteiger partial charge in [0.2, 0.25) is 0 Å². The maximum absolute atomic E-state index is 14.4. The van der Waals surface area contributed by atoms with E-state index in [2.05, 4.69) is 17.4 Å². The molecule has 5 rings (SSSR count). The molecule has 9 atom stereocenters. The fourth-order valence-electron chi connectivity index (χ4n) is 7.96. The highest BCUT2D eigenvalue weighted by Gasteiger charge is 2.50. The van der Waals surface area contributed by atoms with Crippen molar-refractivity contribution in [3.63, 3.8) is 0 Å². The summed E-state index contributed by atoms with van der Waals surface area (Å²) >= 11 is 0. The largest absolute Gasteiger partial charge is 0.507 e. The van der Waals surface area contributed by atoms with Crippen molar-refractivity contribution in [3.05, 3.63) is 52.8 Å². The van der Waals surface area contributed by atoms with Crippen LogP contribution >= 0.6 is 0 Å². The minimum Gasteiger partial charge on any atom is -0.507 e. The number of carbonyl (C=O) groups excluding carboxylic acids is 3. The summed E-state index contributed by atoms with van der Waals surface area (Å²) in [5.41, 5.74) is -0.543. The number of ketones is 1. The number of carbonyl (C=O) groups is 3. The number of rotatable bonds is 11. The number of aromatic hydroxyl groups is 3. The lowest BCUT2D eigenvalue weighted by atomic mass is 9.78. The van der Waals surface area contributed by atoms with Gasteiger partial charge in [-0.2, -0.15) is 0 Å². The molecule has 3 aliphatic heterocycles. The summed E-state index contributed by atoms with van der Waals surface area (Å²) in [6.45, 7) is 14.9. The van der Waals surface area contributed by atoms with Crippen LogP contribution in [0.1, 0.15) is 115 Å². The first-order valence-electron chi connectivity index (χ1n) is 21.1. The fourth-order valence-corrected chi connectivity index (χ4v) is 7.96. The van der Waals surface area contributed by atoms with E-state index in [0.717, 1.165) is 44.7 Å². The molecule has 6 N–H and O–H groups in total. The second-order valence-corrected chi connectivity index (χ2v) is 16.5. The van der Waals surface area contributed by atoms with Crippen molar-refractivity contribution >= 4 is 40.3 Å². The normalized spacial score (nSPS) is 27.6. The van der Waals surface area contributed by atoms with Gasteiger partial charge in [0.25, 0.3) is 11.7 Å². The van der Waals surface area contributed by atoms with Gasteiger partial charge in [0.05, 0.1) is 53.0 Å². The van der Waals surface area contributed by atoms with Crippen LogP contribution in [0.5, 0.6) is 23.0 Å². The zero-order valence-electron chi connectivity index (χ0n) is 37.0. The molecule has 61 heavy (non-hydrogen) atoms. The zero-order chi connectivity index (χ0) is 45.3. The van der Waals surface area contributed by atoms with Gasteiger partial charge in [0, 0.05) is 61.2 Å². The lowest BCUT2D eigenvalue weighted by Crippen LogP contribution is -2.46. The predicted octanol–water partition coefficient (Wildman–Crippen LogP) is 7.47. The Morgan fingerprint density at radius 2 is 1.59 bits per heavy atom. The second kappa shape index (κ2) is 21.1. The lowest BCUT2D eigenvalue weighted by Gasteiger charge is -2.38. The molecule has 0 radical (unpaired) electrons. The first kappa shape index (κ1) is 48.5. The van der Waals surface area contributed by atoms with Gasteiger partial charge in [0.15, 0.2) is 5.75 Å². The van der Waals surface area contributed by atoms with Gasteiger partial charge < -0.3 is 54.6 Å².